The van der Waals surface area contributed by atoms with Crippen molar-refractivity contribution in [3.8, 4) is 0 Å². The molecule has 0 bridgehead atoms. The molecule has 0 saturated carbocycles. The molecule has 162 valence electrons. The van der Waals surface area contributed by atoms with Crippen LogP contribution in [0.25, 0.3) is 0 Å². The van der Waals surface area contributed by atoms with Gasteiger partial charge in [0.05, 0.1) is 11.4 Å². The van der Waals surface area contributed by atoms with Gasteiger partial charge in [0.15, 0.2) is 21.3 Å². The molecule has 12 heteroatoms. The van der Waals surface area contributed by atoms with Crippen molar-refractivity contribution in [1.29, 1.82) is 0 Å². The molecule has 3 N–H and O–H groups in total. The fourth-order valence-corrected chi connectivity index (χ4v) is 3.56. The predicted molar refractivity (Wildman–Crippen MR) is 116 cm³/mol. The topological polar surface area (TPSA) is 152 Å². The predicted octanol–water partition coefficient (Wildman–Crippen LogP) is 1.67. The highest BCUT2D eigenvalue weighted by Gasteiger charge is 2.18. The lowest BCUT2D eigenvalue weighted by atomic mass is 10.2. The number of rotatable bonds is 7. The van der Waals surface area contributed by atoms with E-state index in [1.165, 1.54) is 12.3 Å². The lowest BCUT2D eigenvalue weighted by molar-refractivity contribution is 0.0958. The maximum absolute atomic E-state index is 12.6. The molecule has 0 unspecified atom stereocenters. The minimum atomic E-state index is -3.39. The summed E-state index contributed by atoms with van der Waals surface area (Å²) in [6.07, 6.45) is 2.53. The summed E-state index contributed by atoms with van der Waals surface area (Å²) in [6, 6.07) is 6.23. The number of amides is 1. The van der Waals surface area contributed by atoms with E-state index in [0.717, 1.165) is 6.26 Å². The number of carbonyl (C=O) groups excluding carboxylic acids is 1. The molecule has 3 heterocycles. The fraction of sp³-hybridized carbons (Fsp3) is 0.263. The van der Waals surface area contributed by atoms with Gasteiger partial charge in [0.25, 0.3) is 5.91 Å². The third kappa shape index (κ3) is 5.92. The monoisotopic (exact) mass is 445 g/mol. The van der Waals surface area contributed by atoms with Gasteiger partial charge in [0.1, 0.15) is 17.5 Å². The normalized spacial score (nSPS) is 12.9. The highest BCUT2D eigenvalue weighted by atomic mass is 32.2. The molecular formula is C19H22N8O3S. The molecule has 0 aliphatic heterocycles. The van der Waals surface area contributed by atoms with E-state index in [1.54, 1.807) is 32.0 Å². The molecule has 11 nitrogen and oxygen atoms in total. The second-order valence-electron chi connectivity index (χ2n) is 6.72. The van der Waals surface area contributed by atoms with Gasteiger partial charge in [-0.2, -0.15) is 0 Å². The van der Waals surface area contributed by atoms with Crippen LogP contribution in [0.4, 0.5) is 23.1 Å². The molecule has 3 rings (SSSR count). The van der Waals surface area contributed by atoms with Crippen LogP contribution in [-0.2, 0) is 15.6 Å². The van der Waals surface area contributed by atoms with Gasteiger partial charge in [0.2, 0.25) is 0 Å². The Labute approximate surface area is 183 Å². The van der Waals surface area contributed by atoms with Crippen LogP contribution < -0.4 is 16.0 Å². The molecule has 0 saturated heterocycles. The summed E-state index contributed by atoms with van der Waals surface area (Å²) < 4.78 is 45.5. The molecule has 0 aliphatic carbocycles. The number of nitrogens with one attached hydrogen (secondary N) is 3. The largest absolute Gasteiger partial charge is 0.354 e. The molecule has 0 atom stereocenters. The Bertz CT molecular complexity index is 1310. The van der Waals surface area contributed by atoms with Crippen molar-refractivity contribution in [2.45, 2.75) is 19.6 Å². The Balaban J connectivity index is 2.03. The third-order valence-electron chi connectivity index (χ3n) is 3.91. The maximum Gasteiger partial charge on any atom is 0.273 e. The number of aryl methyl sites for hydroxylation is 2. The van der Waals surface area contributed by atoms with E-state index in [9.17, 15) is 13.2 Å². The molecule has 3 aromatic rings. The van der Waals surface area contributed by atoms with Crippen molar-refractivity contribution in [3.63, 3.8) is 0 Å². The number of carbonyl (C=O) groups is 1. The summed E-state index contributed by atoms with van der Waals surface area (Å²) in [5.41, 5.74) is 0.789. The van der Waals surface area contributed by atoms with Crippen LogP contribution in [0, 0.1) is 13.8 Å². The minimum absolute atomic E-state index is 0.0511. The lowest BCUT2D eigenvalue weighted by Crippen LogP contribution is -2.22. The quantitative estimate of drug-likeness (QED) is 0.489. The lowest BCUT2D eigenvalue weighted by Gasteiger charge is -2.14. The third-order valence-corrected chi connectivity index (χ3v) is 4.74. The van der Waals surface area contributed by atoms with Gasteiger partial charge in [-0.1, -0.05) is 6.07 Å². The van der Waals surface area contributed by atoms with Crippen molar-refractivity contribution in [1.82, 2.24) is 30.5 Å². The number of sulfone groups is 1. The molecule has 0 aliphatic rings. The van der Waals surface area contributed by atoms with Gasteiger partial charge >= 0.3 is 0 Å². The van der Waals surface area contributed by atoms with Gasteiger partial charge in [-0.3, -0.25) is 4.79 Å². The van der Waals surface area contributed by atoms with E-state index in [0.29, 0.717) is 22.9 Å². The summed E-state index contributed by atoms with van der Waals surface area (Å²) in [6.45, 7) is 0.768. The molecule has 31 heavy (non-hydrogen) atoms. The van der Waals surface area contributed by atoms with Gasteiger partial charge in [-0.05, 0) is 19.9 Å². The highest BCUT2D eigenvalue weighted by molar-refractivity contribution is 7.89. The SMILES string of the molecule is [2H]C([2H])([2H])NC(=O)c1nnc(Nc2cc(C)nc(C)n2)cc1Nc1ncccc1CS(C)(=O)=O. The molecule has 0 spiro atoms. The molecule has 1 amide bonds. The summed E-state index contributed by atoms with van der Waals surface area (Å²) in [5, 5.41) is 15.5. The minimum Gasteiger partial charge on any atom is -0.354 e. The Morgan fingerprint density at radius 3 is 2.65 bits per heavy atom. The van der Waals surface area contributed by atoms with Crippen LogP contribution in [-0.4, -0.2) is 52.7 Å². The van der Waals surface area contributed by atoms with Gasteiger partial charge in [-0.15, -0.1) is 10.2 Å². The van der Waals surface area contributed by atoms with Crippen LogP contribution in [0.5, 0.6) is 0 Å². The average molecular weight is 446 g/mol. The first-order valence-corrected chi connectivity index (χ1v) is 11.0. The first-order valence-electron chi connectivity index (χ1n) is 10.5. The van der Waals surface area contributed by atoms with Gasteiger partial charge in [0, 0.05) is 46.9 Å². The first kappa shape index (κ1) is 18.1. The Morgan fingerprint density at radius 2 is 1.94 bits per heavy atom. The number of nitrogens with zero attached hydrogens (tertiary/aromatic N) is 5. The summed E-state index contributed by atoms with van der Waals surface area (Å²) in [5.74, 6) is -0.00402. The van der Waals surface area contributed by atoms with Crippen LogP contribution in [0.15, 0.2) is 30.5 Å². The van der Waals surface area contributed by atoms with Crippen LogP contribution >= 0.6 is 0 Å². The first-order chi connectivity index (χ1) is 15.8. The van der Waals surface area contributed by atoms with Gasteiger partial charge < -0.3 is 16.0 Å². The number of pyridine rings is 1. The summed E-state index contributed by atoms with van der Waals surface area (Å²) in [7, 11) is -3.39. The second kappa shape index (κ2) is 9.00. The number of anilines is 4. The fourth-order valence-electron chi connectivity index (χ4n) is 2.76. The zero-order valence-corrected chi connectivity index (χ0v) is 17.8. The molecule has 0 fully saturated rings. The van der Waals surface area contributed by atoms with Crippen LogP contribution in [0.3, 0.4) is 0 Å². The smallest absolute Gasteiger partial charge is 0.273 e. The van der Waals surface area contributed by atoms with Crippen molar-refractivity contribution in [2.75, 3.05) is 23.9 Å². The van der Waals surface area contributed by atoms with Crippen molar-refractivity contribution in [2.24, 2.45) is 0 Å². The standard InChI is InChI=1S/C19H22N8O3S/c1-11-8-15(23-12(2)22-11)25-16-9-14(17(27-26-16)19(28)20-3)24-18-13(6-5-7-21-18)10-31(4,29)30/h5-9H,10H2,1-4H3,(H,20,28)(H2,21,22,23,24,25,26)/i3D3. The number of hydrogen-bond acceptors (Lipinski definition) is 10. The Hall–Kier alpha value is -3.67. The molecule has 3 aromatic heterocycles. The highest BCUT2D eigenvalue weighted by Crippen LogP contribution is 2.25. The molecule has 0 aromatic carbocycles. The van der Waals surface area contributed by atoms with Gasteiger partial charge in [-0.25, -0.2) is 23.4 Å². The van der Waals surface area contributed by atoms with E-state index in [-0.39, 0.29) is 28.8 Å². The zero-order valence-electron chi connectivity index (χ0n) is 20.0. The Morgan fingerprint density at radius 1 is 1.13 bits per heavy atom. The zero-order chi connectivity index (χ0) is 25.1. The Kier molecular flexibility index (Phi) is 5.26. The van der Waals surface area contributed by atoms with Crippen molar-refractivity contribution >= 4 is 38.9 Å². The van der Waals surface area contributed by atoms with Crippen LogP contribution in [0.1, 0.15) is 31.7 Å². The van der Waals surface area contributed by atoms with Crippen molar-refractivity contribution in [3.05, 3.63) is 53.2 Å². The number of aromatic nitrogens is 5. The maximum atomic E-state index is 12.6. The summed E-state index contributed by atoms with van der Waals surface area (Å²) in [4.78, 5) is 25.2. The van der Waals surface area contributed by atoms with E-state index < -0.39 is 22.7 Å². The molecular weight excluding hydrogens is 420 g/mol. The van der Waals surface area contributed by atoms with E-state index >= 15 is 0 Å². The summed E-state index contributed by atoms with van der Waals surface area (Å²) >= 11 is 0. The van der Waals surface area contributed by atoms with Crippen LogP contribution in [0.2, 0.25) is 0 Å². The van der Waals surface area contributed by atoms with E-state index in [1.807, 2.05) is 5.32 Å². The number of hydrogen-bond donors (Lipinski definition) is 3. The van der Waals surface area contributed by atoms with E-state index in [2.05, 4.69) is 35.8 Å². The molecule has 0 radical (unpaired) electrons. The average Bonchev–Trinajstić information content (AvgIpc) is 2.66. The van der Waals surface area contributed by atoms with E-state index in [4.69, 9.17) is 4.11 Å². The van der Waals surface area contributed by atoms with Crippen molar-refractivity contribution < 1.29 is 17.3 Å². The second-order valence-corrected chi connectivity index (χ2v) is 8.86.